The van der Waals surface area contributed by atoms with Crippen LogP contribution in [0.15, 0.2) is 29.0 Å². The molecule has 2 heterocycles. The van der Waals surface area contributed by atoms with Gasteiger partial charge in [0.1, 0.15) is 0 Å². The minimum Gasteiger partial charge on any atom is -0.312 e. The summed E-state index contributed by atoms with van der Waals surface area (Å²) in [7, 11) is 2.03. The quantitative estimate of drug-likeness (QED) is 0.856. The smallest absolute Gasteiger partial charge is 0.0453 e. The summed E-state index contributed by atoms with van der Waals surface area (Å²) in [4.78, 5) is 2.82. The van der Waals surface area contributed by atoms with Gasteiger partial charge in [-0.15, -0.1) is 11.3 Å². The highest BCUT2D eigenvalue weighted by Gasteiger charge is 2.11. The first-order valence-electron chi connectivity index (χ1n) is 5.04. The molecule has 3 heteroatoms. The van der Waals surface area contributed by atoms with E-state index in [0.717, 1.165) is 6.42 Å². The van der Waals surface area contributed by atoms with Gasteiger partial charge in [0.15, 0.2) is 0 Å². The third kappa shape index (κ3) is 2.68. The van der Waals surface area contributed by atoms with Gasteiger partial charge >= 0.3 is 0 Å². The van der Waals surface area contributed by atoms with Gasteiger partial charge in [0, 0.05) is 15.8 Å². The van der Waals surface area contributed by atoms with Gasteiger partial charge in [0.05, 0.1) is 0 Å². The van der Waals surface area contributed by atoms with E-state index in [4.69, 9.17) is 0 Å². The van der Waals surface area contributed by atoms with Crippen molar-refractivity contribution in [2.24, 2.45) is 0 Å². The van der Waals surface area contributed by atoms with E-state index in [9.17, 15) is 0 Å². The van der Waals surface area contributed by atoms with Gasteiger partial charge in [-0.1, -0.05) is 0 Å². The van der Waals surface area contributed by atoms with Gasteiger partial charge in [0.25, 0.3) is 0 Å². The van der Waals surface area contributed by atoms with Crippen molar-refractivity contribution in [3.8, 4) is 0 Å². The third-order valence-corrected chi connectivity index (χ3v) is 4.32. The Morgan fingerprint density at radius 2 is 2.20 bits per heavy atom. The summed E-state index contributed by atoms with van der Waals surface area (Å²) in [6, 6.07) is 7.08. The minimum atomic E-state index is 0.457. The number of thiophene rings is 2. The number of nitrogens with one attached hydrogen (secondary N) is 1. The molecule has 2 aromatic heterocycles. The second-order valence-electron chi connectivity index (χ2n) is 3.63. The molecule has 0 aliphatic heterocycles. The van der Waals surface area contributed by atoms with Gasteiger partial charge in [-0.25, -0.2) is 0 Å². The van der Waals surface area contributed by atoms with Gasteiger partial charge in [0.2, 0.25) is 0 Å². The summed E-state index contributed by atoms with van der Waals surface area (Å²) in [6.45, 7) is 2.16. The van der Waals surface area contributed by atoms with Crippen LogP contribution in [-0.4, -0.2) is 7.05 Å². The van der Waals surface area contributed by atoms with E-state index < -0.39 is 0 Å². The second-order valence-corrected chi connectivity index (χ2v) is 5.72. The monoisotopic (exact) mass is 237 g/mol. The molecule has 1 N–H and O–H groups in total. The standard InChI is InChI=1S/C12H15NS2/c1-9-3-4-12(15-9)11(13-2)7-10-5-6-14-8-10/h3-6,8,11,13H,7H2,1-2H3. The van der Waals surface area contributed by atoms with E-state index in [0.29, 0.717) is 6.04 Å². The lowest BCUT2D eigenvalue weighted by atomic mass is 10.1. The molecule has 0 fully saturated rings. The number of likely N-dealkylation sites (N-methyl/N-ethyl adjacent to an activating group) is 1. The number of hydrogen-bond acceptors (Lipinski definition) is 3. The van der Waals surface area contributed by atoms with Gasteiger partial charge in [-0.3, -0.25) is 0 Å². The van der Waals surface area contributed by atoms with Crippen molar-refractivity contribution in [1.29, 1.82) is 0 Å². The van der Waals surface area contributed by atoms with Crippen LogP contribution in [0.1, 0.15) is 21.4 Å². The molecule has 0 aliphatic rings. The molecular formula is C12H15NS2. The summed E-state index contributed by atoms with van der Waals surface area (Å²) < 4.78 is 0. The Hall–Kier alpha value is -0.640. The maximum Gasteiger partial charge on any atom is 0.0453 e. The number of hydrogen-bond donors (Lipinski definition) is 1. The Bertz CT molecular complexity index is 403. The highest BCUT2D eigenvalue weighted by Crippen LogP contribution is 2.25. The van der Waals surface area contributed by atoms with Crippen LogP contribution in [0.25, 0.3) is 0 Å². The van der Waals surface area contributed by atoms with Gasteiger partial charge in [-0.05, 0) is 54.9 Å². The topological polar surface area (TPSA) is 12.0 Å². The molecule has 80 valence electrons. The van der Waals surface area contributed by atoms with E-state index in [-0.39, 0.29) is 0 Å². The first-order valence-corrected chi connectivity index (χ1v) is 6.80. The molecule has 15 heavy (non-hydrogen) atoms. The lowest BCUT2D eigenvalue weighted by molar-refractivity contribution is 0.603. The van der Waals surface area contributed by atoms with Crippen molar-refractivity contribution in [1.82, 2.24) is 5.32 Å². The van der Waals surface area contributed by atoms with Crippen molar-refractivity contribution in [2.75, 3.05) is 7.05 Å². The van der Waals surface area contributed by atoms with Crippen molar-refractivity contribution in [3.63, 3.8) is 0 Å². The fourth-order valence-corrected chi connectivity index (χ4v) is 3.30. The number of rotatable bonds is 4. The molecule has 1 atom stereocenters. The van der Waals surface area contributed by atoms with Gasteiger partial charge < -0.3 is 5.32 Å². The summed E-state index contributed by atoms with van der Waals surface area (Å²) in [5.74, 6) is 0. The average Bonchev–Trinajstić information content (AvgIpc) is 2.85. The molecule has 0 radical (unpaired) electrons. The van der Waals surface area contributed by atoms with E-state index in [1.165, 1.54) is 15.3 Å². The first kappa shape index (κ1) is 10.9. The molecule has 2 aromatic rings. The van der Waals surface area contributed by atoms with Crippen LogP contribution < -0.4 is 5.32 Å². The van der Waals surface area contributed by atoms with E-state index >= 15 is 0 Å². The first-order chi connectivity index (χ1) is 7.29. The lowest BCUT2D eigenvalue weighted by Gasteiger charge is -2.13. The van der Waals surface area contributed by atoms with Gasteiger partial charge in [-0.2, -0.15) is 11.3 Å². The fourth-order valence-electron chi connectivity index (χ4n) is 1.63. The predicted octanol–water partition coefficient (Wildman–Crippen LogP) is 3.62. The zero-order valence-electron chi connectivity index (χ0n) is 8.99. The van der Waals surface area contributed by atoms with Crippen molar-refractivity contribution < 1.29 is 0 Å². The van der Waals surface area contributed by atoms with Crippen LogP contribution in [0.5, 0.6) is 0 Å². The van der Waals surface area contributed by atoms with E-state index in [2.05, 4.69) is 41.2 Å². The van der Waals surface area contributed by atoms with Crippen molar-refractivity contribution in [2.45, 2.75) is 19.4 Å². The molecule has 0 bridgehead atoms. The maximum absolute atomic E-state index is 3.38. The molecule has 0 amide bonds. The normalized spacial score (nSPS) is 12.9. The number of aryl methyl sites for hydroxylation is 1. The van der Waals surface area contributed by atoms with Crippen LogP contribution in [0.2, 0.25) is 0 Å². The zero-order valence-corrected chi connectivity index (χ0v) is 10.6. The fraction of sp³-hybridized carbons (Fsp3) is 0.333. The summed E-state index contributed by atoms with van der Waals surface area (Å²) in [5.41, 5.74) is 1.42. The summed E-state index contributed by atoms with van der Waals surface area (Å²) in [5, 5.41) is 7.75. The molecule has 0 aliphatic carbocycles. The average molecular weight is 237 g/mol. The SMILES string of the molecule is CNC(Cc1ccsc1)c1ccc(C)s1. The van der Waals surface area contributed by atoms with Crippen LogP contribution in [0.3, 0.4) is 0 Å². The Balaban J connectivity index is 2.11. The van der Waals surface area contributed by atoms with Crippen LogP contribution in [0, 0.1) is 6.92 Å². The Kier molecular flexibility index (Phi) is 3.57. The highest BCUT2D eigenvalue weighted by molar-refractivity contribution is 7.12. The summed E-state index contributed by atoms with van der Waals surface area (Å²) >= 11 is 3.65. The molecule has 2 rings (SSSR count). The van der Waals surface area contributed by atoms with Crippen LogP contribution in [-0.2, 0) is 6.42 Å². The van der Waals surface area contributed by atoms with E-state index in [1.807, 2.05) is 18.4 Å². The zero-order chi connectivity index (χ0) is 10.7. The van der Waals surface area contributed by atoms with Crippen molar-refractivity contribution in [3.05, 3.63) is 44.3 Å². The second kappa shape index (κ2) is 4.92. The predicted molar refractivity (Wildman–Crippen MR) is 68.9 cm³/mol. The molecule has 0 spiro atoms. The molecule has 0 aromatic carbocycles. The largest absolute Gasteiger partial charge is 0.312 e. The lowest BCUT2D eigenvalue weighted by Crippen LogP contribution is -2.17. The third-order valence-electron chi connectivity index (χ3n) is 2.47. The molecule has 0 saturated carbocycles. The van der Waals surface area contributed by atoms with Crippen molar-refractivity contribution >= 4 is 22.7 Å². The molecule has 1 unspecified atom stereocenters. The van der Waals surface area contributed by atoms with Crippen LogP contribution in [0.4, 0.5) is 0 Å². The maximum atomic E-state index is 3.38. The van der Waals surface area contributed by atoms with Crippen LogP contribution >= 0.6 is 22.7 Å². The Labute approximate surface area is 98.8 Å². The molecular weight excluding hydrogens is 222 g/mol. The molecule has 0 saturated heterocycles. The Morgan fingerprint density at radius 3 is 2.73 bits per heavy atom. The highest BCUT2D eigenvalue weighted by atomic mass is 32.1. The van der Waals surface area contributed by atoms with E-state index in [1.54, 1.807) is 11.3 Å². The molecule has 1 nitrogen and oxygen atoms in total. The Morgan fingerprint density at radius 1 is 1.33 bits per heavy atom. The minimum absolute atomic E-state index is 0.457. The summed E-state index contributed by atoms with van der Waals surface area (Å²) in [6.07, 6.45) is 1.08.